The van der Waals surface area contributed by atoms with E-state index in [0.717, 1.165) is 19.3 Å². The van der Waals surface area contributed by atoms with Crippen LogP contribution in [-0.2, 0) is 0 Å². The van der Waals surface area contributed by atoms with Gasteiger partial charge in [0.15, 0.2) is 6.17 Å². The minimum atomic E-state index is -0.611. The van der Waals surface area contributed by atoms with Crippen LogP contribution in [-0.4, -0.2) is 12.2 Å². The maximum Gasteiger partial charge on any atom is 0.151 e. The monoisotopic (exact) mass is 257 g/mol. The molecule has 0 saturated heterocycles. The summed E-state index contributed by atoms with van der Waals surface area (Å²) < 4.78 is 13.7. The summed E-state index contributed by atoms with van der Waals surface area (Å²) >= 11 is 0. The number of quaternary nitrogens is 1. The van der Waals surface area contributed by atoms with Crippen LogP contribution < -0.4 is 17.7 Å². The summed E-state index contributed by atoms with van der Waals surface area (Å²) in [4.78, 5) is 0. The molecule has 1 aliphatic carbocycles. The van der Waals surface area contributed by atoms with E-state index in [1.807, 2.05) is 18.2 Å². The lowest BCUT2D eigenvalue weighted by Crippen LogP contribution is -3.00. The summed E-state index contributed by atoms with van der Waals surface area (Å²) in [6.45, 7) is 2.16. The predicted octanol–water partition coefficient (Wildman–Crippen LogP) is -0.404. The van der Waals surface area contributed by atoms with Crippen molar-refractivity contribution in [2.24, 2.45) is 0 Å². The molecular weight excluding hydrogens is 237 g/mol. The van der Waals surface area contributed by atoms with Crippen LogP contribution in [0.25, 0.3) is 0 Å². The zero-order chi connectivity index (χ0) is 11.4. The Labute approximate surface area is 109 Å². The Morgan fingerprint density at radius 1 is 1.18 bits per heavy atom. The number of benzene rings is 1. The highest BCUT2D eigenvalue weighted by Gasteiger charge is 2.29. The molecule has 0 bridgehead atoms. The van der Waals surface area contributed by atoms with Crippen molar-refractivity contribution in [2.75, 3.05) is 0 Å². The van der Waals surface area contributed by atoms with Gasteiger partial charge in [0.2, 0.25) is 0 Å². The van der Waals surface area contributed by atoms with E-state index in [1.54, 1.807) is 0 Å². The Bertz CT molecular complexity index is 317. The van der Waals surface area contributed by atoms with Crippen molar-refractivity contribution in [3.63, 3.8) is 0 Å². The van der Waals surface area contributed by atoms with Crippen molar-refractivity contribution in [3.05, 3.63) is 35.9 Å². The van der Waals surface area contributed by atoms with E-state index in [-0.39, 0.29) is 18.4 Å². The van der Waals surface area contributed by atoms with E-state index in [9.17, 15) is 4.39 Å². The number of hydrogen-bond acceptors (Lipinski definition) is 0. The van der Waals surface area contributed by atoms with E-state index < -0.39 is 6.17 Å². The molecule has 0 aliphatic heterocycles. The number of rotatable bonds is 3. The second-order valence-electron chi connectivity index (χ2n) is 4.86. The lowest BCUT2D eigenvalue weighted by Gasteiger charge is -2.26. The molecule has 1 aliphatic rings. The van der Waals surface area contributed by atoms with E-state index in [1.165, 1.54) is 12.0 Å². The molecule has 1 aromatic rings. The first-order valence-corrected chi connectivity index (χ1v) is 6.31. The largest absolute Gasteiger partial charge is 1.00 e. The van der Waals surface area contributed by atoms with Crippen LogP contribution in [0.5, 0.6) is 0 Å². The van der Waals surface area contributed by atoms with Gasteiger partial charge in [0, 0.05) is 12.0 Å². The van der Waals surface area contributed by atoms with Crippen LogP contribution in [0.1, 0.15) is 44.2 Å². The molecule has 3 atom stereocenters. The average Bonchev–Trinajstić information content (AvgIpc) is 2.33. The molecule has 3 heteroatoms. The summed E-state index contributed by atoms with van der Waals surface area (Å²) in [6.07, 6.45) is 3.41. The summed E-state index contributed by atoms with van der Waals surface area (Å²) in [7, 11) is 0. The second kappa shape index (κ2) is 6.97. The maximum absolute atomic E-state index is 13.7. The molecule has 0 radical (unpaired) electrons. The van der Waals surface area contributed by atoms with Gasteiger partial charge in [0.1, 0.15) is 12.1 Å². The van der Waals surface area contributed by atoms with Crippen LogP contribution >= 0.6 is 0 Å². The van der Waals surface area contributed by atoms with Gasteiger partial charge in [-0.2, -0.15) is 0 Å². The van der Waals surface area contributed by atoms with E-state index in [0.29, 0.717) is 6.04 Å². The molecule has 1 nitrogen and oxygen atoms in total. The molecule has 2 rings (SSSR count). The molecule has 0 unspecified atom stereocenters. The van der Waals surface area contributed by atoms with Gasteiger partial charge in [-0.25, -0.2) is 4.39 Å². The van der Waals surface area contributed by atoms with Gasteiger partial charge in [-0.1, -0.05) is 36.8 Å². The lowest BCUT2D eigenvalue weighted by atomic mass is 9.92. The molecular formula is C14H21ClFN. The van der Waals surface area contributed by atoms with Gasteiger partial charge < -0.3 is 17.7 Å². The molecule has 2 N–H and O–H groups in total. The minimum absolute atomic E-state index is 0. The summed E-state index contributed by atoms with van der Waals surface area (Å²) in [5.74, 6) is 0. The first-order valence-electron chi connectivity index (χ1n) is 6.31. The molecule has 0 amide bonds. The minimum Gasteiger partial charge on any atom is -1.00 e. The normalized spacial score (nSPS) is 26.0. The summed E-state index contributed by atoms with van der Waals surface area (Å²) in [5, 5.41) is 2.21. The van der Waals surface area contributed by atoms with E-state index in [2.05, 4.69) is 24.4 Å². The van der Waals surface area contributed by atoms with E-state index >= 15 is 0 Å². The SMILES string of the molecule is C[C@H]([NH2+][C@@H]1CCCC[C@H]1F)c1ccccc1.[Cl-]. The highest BCUT2D eigenvalue weighted by atomic mass is 35.5. The van der Waals surface area contributed by atoms with Crippen LogP contribution in [0.2, 0.25) is 0 Å². The second-order valence-corrected chi connectivity index (χ2v) is 4.86. The lowest BCUT2D eigenvalue weighted by molar-refractivity contribution is -0.731. The van der Waals surface area contributed by atoms with Crippen LogP contribution in [0.15, 0.2) is 30.3 Å². The van der Waals surface area contributed by atoms with Gasteiger partial charge in [0.25, 0.3) is 0 Å². The molecule has 1 saturated carbocycles. The Morgan fingerprint density at radius 2 is 1.82 bits per heavy atom. The fourth-order valence-electron chi connectivity index (χ4n) is 2.57. The third kappa shape index (κ3) is 3.97. The van der Waals surface area contributed by atoms with Gasteiger partial charge in [-0.3, -0.25) is 0 Å². The quantitative estimate of drug-likeness (QED) is 0.759. The van der Waals surface area contributed by atoms with Crippen molar-refractivity contribution in [3.8, 4) is 0 Å². The number of alkyl halides is 1. The molecule has 0 spiro atoms. The number of hydrogen-bond donors (Lipinski definition) is 1. The maximum atomic E-state index is 13.7. The van der Waals surface area contributed by atoms with Crippen molar-refractivity contribution in [2.45, 2.75) is 50.9 Å². The Balaban J connectivity index is 0.00000144. The predicted molar refractivity (Wildman–Crippen MR) is 63.9 cm³/mol. The highest BCUT2D eigenvalue weighted by molar-refractivity contribution is 5.16. The number of nitrogens with two attached hydrogens (primary N) is 1. The summed E-state index contributed by atoms with van der Waals surface area (Å²) in [5.41, 5.74) is 1.29. The average molecular weight is 258 g/mol. The van der Waals surface area contributed by atoms with Crippen LogP contribution in [0.4, 0.5) is 4.39 Å². The fraction of sp³-hybridized carbons (Fsp3) is 0.571. The molecule has 1 fully saturated rings. The van der Waals surface area contributed by atoms with Crippen molar-refractivity contribution in [1.29, 1.82) is 0 Å². The molecule has 1 aromatic carbocycles. The first kappa shape index (κ1) is 14.5. The third-order valence-corrected chi connectivity index (χ3v) is 3.59. The van der Waals surface area contributed by atoms with Crippen LogP contribution in [0.3, 0.4) is 0 Å². The third-order valence-electron chi connectivity index (χ3n) is 3.59. The fourth-order valence-corrected chi connectivity index (χ4v) is 2.57. The van der Waals surface area contributed by atoms with Gasteiger partial charge in [-0.05, 0) is 19.8 Å². The Morgan fingerprint density at radius 3 is 2.47 bits per heavy atom. The molecule has 96 valence electrons. The Kier molecular flexibility index (Phi) is 5.93. The molecule has 0 heterocycles. The van der Waals surface area contributed by atoms with Crippen molar-refractivity contribution >= 4 is 0 Å². The van der Waals surface area contributed by atoms with Crippen molar-refractivity contribution < 1.29 is 22.1 Å². The Hall–Kier alpha value is -0.600. The highest BCUT2D eigenvalue weighted by Crippen LogP contribution is 2.19. The standard InChI is InChI=1S/C14H20FN.ClH/c1-11(12-7-3-2-4-8-12)16-14-10-6-5-9-13(14)15;/h2-4,7-8,11,13-14,16H,5-6,9-10H2,1H3;1H/t11-,13+,14+;/m0./s1. The molecule has 17 heavy (non-hydrogen) atoms. The van der Waals surface area contributed by atoms with Gasteiger partial charge in [0.05, 0.1) is 0 Å². The summed E-state index contributed by atoms with van der Waals surface area (Å²) in [6, 6.07) is 10.9. The molecule has 0 aromatic heterocycles. The van der Waals surface area contributed by atoms with E-state index in [4.69, 9.17) is 0 Å². The zero-order valence-corrected chi connectivity index (χ0v) is 11.0. The smallest absolute Gasteiger partial charge is 0.151 e. The topological polar surface area (TPSA) is 16.6 Å². The van der Waals surface area contributed by atoms with Crippen LogP contribution in [0, 0.1) is 0 Å². The van der Waals surface area contributed by atoms with Gasteiger partial charge >= 0.3 is 0 Å². The zero-order valence-electron chi connectivity index (χ0n) is 10.3. The van der Waals surface area contributed by atoms with Gasteiger partial charge in [-0.15, -0.1) is 0 Å². The first-order chi connectivity index (χ1) is 7.77. The number of halogens is 2. The van der Waals surface area contributed by atoms with Crippen molar-refractivity contribution in [1.82, 2.24) is 0 Å².